The van der Waals surface area contributed by atoms with Gasteiger partial charge in [0.1, 0.15) is 17.1 Å². The Morgan fingerprint density at radius 2 is 1.93 bits per heavy atom. The SMILES string of the molecule is Cc1onc(-c2ccccc2)c1C#Cc1cc(C(=O)NC2CCOCC2)ccn1. The van der Waals surface area contributed by atoms with Gasteiger partial charge in [0, 0.05) is 36.6 Å². The minimum Gasteiger partial charge on any atom is -0.381 e. The topological polar surface area (TPSA) is 77.2 Å². The average Bonchev–Trinajstić information content (AvgIpc) is 3.14. The number of rotatable bonds is 3. The fourth-order valence-corrected chi connectivity index (χ4v) is 3.19. The molecule has 4 rings (SSSR count). The fraction of sp³-hybridized carbons (Fsp3) is 0.261. The Morgan fingerprint density at radius 1 is 1.14 bits per heavy atom. The predicted octanol–water partition coefficient (Wildman–Crippen LogP) is 3.35. The van der Waals surface area contributed by atoms with Crippen molar-refractivity contribution in [3.8, 4) is 23.1 Å². The Kier molecular flexibility index (Phi) is 5.68. The molecule has 0 radical (unpaired) electrons. The number of nitrogens with zero attached hydrogens (tertiary/aromatic N) is 2. The zero-order valence-electron chi connectivity index (χ0n) is 16.1. The molecule has 3 aromatic rings. The van der Waals surface area contributed by atoms with Crippen LogP contribution in [0.4, 0.5) is 0 Å². The van der Waals surface area contributed by atoms with E-state index in [4.69, 9.17) is 9.26 Å². The lowest BCUT2D eigenvalue weighted by Gasteiger charge is -2.23. The van der Waals surface area contributed by atoms with Gasteiger partial charge in [-0.15, -0.1) is 0 Å². The molecular formula is C23H21N3O3. The highest BCUT2D eigenvalue weighted by Gasteiger charge is 2.17. The summed E-state index contributed by atoms with van der Waals surface area (Å²) in [7, 11) is 0. The predicted molar refractivity (Wildman–Crippen MR) is 108 cm³/mol. The van der Waals surface area contributed by atoms with Crippen molar-refractivity contribution in [1.82, 2.24) is 15.5 Å². The van der Waals surface area contributed by atoms with E-state index in [1.54, 1.807) is 18.3 Å². The largest absolute Gasteiger partial charge is 0.381 e. The number of hydrogen-bond donors (Lipinski definition) is 1. The van der Waals surface area contributed by atoms with Gasteiger partial charge >= 0.3 is 0 Å². The van der Waals surface area contributed by atoms with E-state index in [1.807, 2.05) is 37.3 Å². The molecule has 0 spiro atoms. The number of amides is 1. The number of benzene rings is 1. The molecule has 2 aromatic heterocycles. The zero-order chi connectivity index (χ0) is 20.1. The highest BCUT2D eigenvalue weighted by Crippen LogP contribution is 2.24. The summed E-state index contributed by atoms with van der Waals surface area (Å²) in [5.41, 5.74) is 3.41. The van der Waals surface area contributed by atoms with E-state index in [9.17, 15) is 4.79 Å². The summed E-state index contributed by atoms with van der Waals surface area (Å²) in [4.78, 5) is 16.8. The molecule has 0 unspecified atom stereocenters. The molecule has 29 heavy (non-hydrogen) atoms. The summed E-state index contributed by atoms with van der Waals surface area (Å²) < 4.78 is 10.7. The maximum absolute atomic E-state index is 12.5. The van der Waals surface area contributed by atoms with Crippen LogP contribution in [0.2, 0.25) is 0 Å². The highest BCUT2D eigenvalue weighted by molar-refractivity contribution is 5.94. The summed E-state index contributed by atoms with van der Waals surface area (Å²) in [5.74, 6) is 6.67. The van der Waals surface area contributed by atoms with Crippen LogP contribution in [0.1, 0.15) is 40.2 Å². The smallest absolute Gasteiger partial charge is 0.251 e. The number of carbonyl (C=O) groups is 1. The van der Waals surface area contributed by atoms with Crippen LogP contribution in [0.5, 0.6) is 0 Å². The number of aromatic nitrogens is 2. The first kappa shape index (κ1) is 18.9. The van der Waals surface area contributed by atoms with Crippen molar-refractivity contribution >= 4 is 5.91 Å². The number of hydrogen-bond acceptors (Lipinski definition) is 5. The summed E-state index contributed by atoms with van der Waals surface area (Å²) in [6, 6.07) is 13.3. The summed E-state index contributed by atoms with van der Waals surface area (Å²) in [6.07, 6.45) is 3.26. The molecule has 1 aliphatic heterocycles. The van der Waals surface area contributed by atoms with E-state index in [2.05, 4.69) is 27.3 Å². The van der Waals surface area contributed by atoms with Gasteiger partial charge in [0.25, 0.3) is 5.91 Å². The summed E-state index contributed by atoms with van der Waals surface area (Å²) >= 11 is 0. The number of carbonyl (C=O) groups excluding carboxylic acids is 1. The van der Waals surface area contributed by atoms with Crippen LogP contribution < -0.4 is 5.32 Å². The van der Waals surface area contributed by atoms with Crippen molar-refractivity contribution in [3.63, 3.8) is 0 Å². The number of ether oxygens (including phenoxy) is 1. The first-order valence-corrected chi connectivity index (χ1v) is 9.59. The summed E-state index contributed by atoms with van der Waals surface area (Å²) in [6.45, 7) is 3.19. The van der Waals surface area contributed by atoms with E-state index in [1.165, 1.54) is 0 Å². The standard InChI is InChI=1S/C23H21N3O3/c1-16-21(22(26-29-16)17-5-3-2-4-6-17)8-7-20-15-18(9-12-24-20)23(27)25-19-10-13-28-14-11-19/h2-6,9,12,15,19H,10-11,13-14H2,1H3,(H,25,27). The van der Waals surface area contributed by atoms with Crippen molar-refractivity contribution in [2.75, 3.05) is 13.2 Å². The Morgan fingerprint density at radius 3 is 2.72 bits per heavy atom. The number of pyridine rings is 1. The van der Waals surface area contributed by atoms with E-state index in [0.29, 0.717) is 35.9 Å². The van der Waals surface area contributed by atoms with Gasteiger partial charge in [0.15, 0.2) is 0 Å². The van der Waals surface area contributed by atoms with Gasteiger partial charge in [0.2, 0.25) is 0 Å². The van der Waals surface area contributed by atoms with Gasteiger partial charge in [-0.2, -0.15) is 0 Å². The number of aryl methyl sites for hydroxylation is 1. The van der Waals surface area contributed by atoms with E-state index < -0.39 is 0 Å². The van der Waals surface area contributed by atoms with Gasteiger partial charge in [-0.1, -0.05) is 41.4 Å². The van der Waals surface area contributed by atoms with Gasteiger partial charge in [-0.3, -0.25) is 4.79 Å². The molecule has 0 aliphatic carbocycles. The molecule has 3 heterocycles. The number of nitrogens with one attached hydrogen (secondary N) is 1. The maximum atomic E-state index is 12.5. The molecule has 6 nitrogen and oxygen atoms in total. The molecule has 0 atom stereocenters. The lowest BCUT2D eigenvalue weighted by molar-refractivity contribution is 0.0696. The van der Waals surface area contributed by atoms with E-state index in [0.717, 1.165) is 24.0 Å². The lowest BCUT2D eigenvalue weighted by atomic mass is 10.1. The Hall–Kier alpha value is -3.43. The quantitative estimate of drug-likeness (QED) is 0.698. The van der Waals surface area contributed by atoms with Crippen LogP contribution in [0, 0.1) is 18.8 Å². The minimum absolute atomic E-state index is 0.117. The molecule has 1 N–H and O–H groups in total. The molecule has 1 aromatic carbocycles. The van der Waals surface area contributed by atoms with Gasteiger partial charge < -0.3 is 14.6 Å². The van der Waals surface area contributed by atoms with E-state index >= 15 is 0 Å². The van der Waals surface area contributed by atoms with Gasteiger partial charge in [-0.05, 0) is 37.8 Å². The van der Waals surface area contributed by atoms with Crippen LogP contribution in [0.25, 0.3) is 11.3 Å². The van der Waals surface area contributed by atoms with Crippen LogP contribution >= 0.6 is 0 Å². The lowest BCUT2D eigenvalue weighted by Crippen LogP contribution is -2.38. The molecule has 146 valence electrons. The molecule has 1 saturated heterocycles. The van der Waals surface area contributed by atoms with Crippen molar-refractivity contribution in [3.05, 3.63) is 71.2 Å². The van der Waals surface area contributed by atoms with Gasteiger partial charge in [-0.25, -0.2) is 4.98 Å². The molecule has 1 amide bonds. The van der Waals surface area contributed by atoms with E-state index in [-0.39, 0.29) is 11.9 Å². The van der Waals surface area contributed by atoms with Crippen LogP contribution in [0.15, 0.2) is 53.2 Å². The third kappa shape index (κ3) is 4.53. The molecular weight excluding hydrogens is 366 g/mol. The molecule has 6 heteroatoms. The molecule has 1 fully saturated rings. The second-order valence-electron chi connectivity index (χ2n) is 6.87. The zero-order valence-corrected chi connectivity index (χ0v) is 16.1. The molecule has 0 saturated carbocycles. The molecule has 0 bridgehead atoms. The fourth-order valence-electron chi connectivity index (χ4n) is 3.19. The Bertz CT molecular complexity index is 1060. The normalized spacial score (nSPS) is 14.1. The van der Waals surface area contributed by atoms with Crippen LogP contribution in [-0.4, -0.2) is 35.3 Å². The maximum Gasteiger partial charge on any atom is 0.251 e. The third-order valence-electron chi connectivity index (χ3n) is 4.80. The van der Waals surface area contributed by atoms with Crippen molar-refractivity contribution in [1.29, 1.82) is 0 Å². The average molecular weight is 387 g/mol. The van der Waals surface area contributed by atoms with Crippen LogP contribution in [0.3, 0.4) is 0 Å². The monoisotopic (exact) mass is 387 g/mol. The van der Waals surface area contributed by atoms with Crippen molar-refractivity contribution in [2.45, 2.75) is 25.8 Å². The first-order chi connectivity index (χ1) is 14.2. The minimum atomic E-state index is -0.117. The Labute approximate surface area is 169 Å². The molecule has 1 aliphatic rings. The van der Waals surface area contributed by atoms with Crippen molar-refractivity contribution in [2.24, 2.45) is 0 Å². The van der Waals surface area contributed by atoms with Gasteiger partial charge in [0.05, 0.1) is 5.56 Å². The second kappa shape index (κ2) is 8.72. The summed E-state index contributed by atoms with van der Waals surface area (Å²) in [5, 5.41) is 7.19. The first-order valence-electron chi connectivity index (χ1n) is 9.59. The highest BCUT2D eigenvalue weighted by atomic mass is 16.5. The van der Waals surface area contributed by atoms with Crippen molar-refractivity contribution < 1.29 is 14.1 Å². The second-order valence-corrected chi connectivity index (χ2v) is 6.87. The van der Waals surface area contributed by atoms with Crippen LogP contribution in [-0.2, 0) is 4.74 Å². The Balaban J connectivity index is 1.55. The third-order valence-corrected chi connectivity index (χ3v) is 4.80.